The van der Waals surface area contributed by atoms with Gasteiger partial charge in [-0.2, -0.15) is 18.2 Å². The van der Waals surface area contributed by atoms with Gasteiger partial charge in [0.05, 0.1) is 6.04 Å². The van der Waals surface area contributed by atoms with Crippen LogP contribution in [0.15, 0.2) is 71.2 Å². The van der Waals surface area contributed by atoms with E-state index in [0.29, 0.717) is 22.3 Å². The number of hydrazine groups is 1. The highest BCUT2D eigenvalue weighted by Gasteiger charge is 2.61. The highest BCUT2D eigenvalue weighted by atomic mass is 79.9. The van der Waals surface area contributed by atoms with Crippen LogP contribution in [0.25, 0.3) is 10.8 Å². The number of benzene rings is 3. The van der Waals surface area contributed by atoms with Crippen molar-refractivity contribution in [2.24, 2.45) is 0 Å². The maximum atomic E-state index is 14.5. The van der Waals surface area contributed by atoms with Gasteiger partial charge in [0.2, 0.25) is 0 Å². The summed E-state index contributed by atoms with van der Waals surface area (Å²) in [5, 5.41) is 21.3. The summed E-state index contributed by atoms with van der Waals surface area (Å²) < 4.78 is 44.0. The predicted molar refractivity (Wildman–Crippen MR) is 120 cm³/mol. The van der Waals surface area contributed by atoms with Crippen LogP contribution in [-0.2, 0) is 5.54 Å². The summed E-state index contributed by atoms with van der Waals surface area (Å²) in [5.74, 6) is 0. The quantitative estimate of drug-likeness (QED) is 0.359. The van der Waals surface area contributed by atoms with E-state index in [-0.39, 0.29) is 10.0 Å². The minimum absolute atomic E-state index is 0.148. The molecule has 3 aromatic carbocycles. The third kappa shape index (κ3) is 4.35. The summed E-state index contributed by atoms with van der Waals surface area (Å²) in [7, 11) is 0. The fourth-order valence-electron chi connectivity index (χ4n) is 3.85. The van der Waals surface area contributed by atoms with Crippen molar-refractivity contribution in [3.05, 3.63) is 82.3 Å². The molecule has 174 valence electrons. The Morgan fingerprint density at radius 1 is 0.909 bits per heavy atom. The molecule has 3 aromatic rings. The molecule has 10 heteroatoms. The van der Waals surface area contributed by atoms with Crippen LogP contribution in [0.4, 0.5) is 22.8 Å². The molecular weight excluding hydrogens is 505 g/mol. The van der Waals surface area contributed by atoms with Crippen LogP contribution in [-0.4, -0.2) is 38.6 Å². The van der Waals surface area contributed by atoms with Crippen molar-refractivity contribution in [3.63, 3.8) is 0 Å². The van der Waals surface area contributed by atoms with Crippen molar-refractivity contribution in [3.8, 4) is 0 Å². The largest absolute Gasteiger partial charge is 0.464 e. The first-order valence-corrected chi connectivity index (χ1v) is 10.5. The lowest BCUT2D eigenvalue weighted by molar-refractivity contribution is -0.258. The average molecular weight is 525 g/mol. The van der Waals surface area contributed by atoms with Gasteiger partial charge < -0.3 is 10.2 Å². The van der Waals surface area contributed by atoms with Crippen molar-refractivity contribution in [1.29, 1.82) is 0 Å². The van der Waals surface area contributed by atoms with Crippen LogP contribution >= 0.6 is 15.9 Å². The van der Waals surface area contributed by atoms with Gasteiger partial charge in [0.1, 0.15) is 0 Å². The molecule has 0 saturated carbocycles. The number of amides is 2. The number of nitrogens with zero attached hydrogens (tertiary/aromatic N) is 2. The van der Waals surface area contributed by atoms with E-state index in [4.69, 9.17) is 0 Å². The van der Waals surface area contributed by atoms with Crippen LogP contribution in [0.3, 0.4) is 0 Å². The predicted octanol–water partition coefficient (Wildman–Crippen LogP) is 7.02. The Labute approximate surface area is 195 Å². The lowest BCUT2D eigenvalue weighted by Gasteiger charge is -2.46. The summed E-state index contributed by atoms with van der Waals surface area (Å²) in [6.45, 7) is 2.00. The highest BCUT2D eigenvalue weighted by Crippen LogP contribution is 2.46. The number of fused-ring (bicyclic) bond motifs is 1. The Morgan fingerprint density at radius 2 is 1.48 bits per heavy atom. The lowest BCUT2D eigenvalue weighted by Crippen LogP contribution is -2.64. The van der Waals surface area contributed by atoms with Crippen molar-refractivity contribution in [2.75, 3.05) is 0 Å². The molecule has 33 heavy (non-hydrogen) atoms. The van der Waals surface area contributed by atoms with E-state index < -0.39 is 35.5 Å². The van der Waals surface area contributed by atoms with Crippen molar-refractivity contribution in [1.82, 2.24) is 10.0 Å². The molecule has 0 heterocycles. The summed E-state index contributed by atoms with van der Waals surface area (Å²) in [6, 6.07) is 15.5. The number of carboxylic acid groups (broad SMARTS) is 2. The molecule has 0 fully saturated rings. The number of hydrogen-bond donors (Lipinski definition) is 2. The van der Waals surface area contributed by atoms with Gasteiger partial charge in [0, 0.05) is 4.47 Å². The number of rotatable bonds is 4. The Kier molecular flexibility index (Phi) is 6.60. The molecule has 2 amide bonds. The summed E-state index contributed by atoms with van der Waals surface area (Å²) >= 11 is 3.14. The minimum Gasteiger partial charge on any atom is -0.464 e. The minimum atomic E-state index is -5.15. The Morgan fingerprint density at radius 3 is 2.03 bits per heavy atom. The van der Waals surface area contributed by atoms with Crippen molar-refractivity contribution >= 4 is 38.9 Å². The van der Waals surface area contributed by atoms with E-state index in [9.17, 15) is 33.0 Å². The third-order valence-corrected chi connectivity index (χ3v) is 6.14. The Balaban J connectivity index is 2.25. The van der Waals surface area contributed by atoms with Crippen LogP contribution in [0.5, 0.6) is 0 Å². The second-order valence-corrected chi connectivity index (χ2v) is 8.46. The molecule has 0 aliphatic rings. The van der Waals surface area contributed by atoms with Gasteiger partial charge in [-0.3, -0.25) is 0 Å². The average Bonchev–Trinajstić information content (AvgIpc) is 2.75. The van der Waals surface area contributed by atoms with Gasteiger partial charge in [0.25, 0.3) is 0 Å². The molecule has 0 bridgehead atoms. The Bertz CT molecular complexity index is 1180. The second kappa shape index (κ2) is 8.93. The second-order valence-electron chi connectivity index (χ2n) is 7.54. The first-order chi connectivity index (χ1) is 15.4. The zero-order valence-electron chi connectivity index (χ0n) is 17.5. The number of carbonyl (C=O) groups is 2. The third-order valence-electron chi connectivity index (χ3n) is 5.61. The van der Waals surface area contributed by atoms with E-state index in [0.717, 1.165) is 17.5 Å². The van der Waals surface area contributed by atoms with E-state index in [2.05, 4.69) is 15.9 Å². The molecule has 2 N–H and O–H groups in total. The van der Waals surface area contributed by atoms with Gasteiger partial charge in [-0.25, -0.2) is 14.6 Å². The molecule has 0 saturated heterocycles. The van der Waals surface area contributed by atoms with E-state index in [1.165, 1.54) is 19.1 Å². The number of hydrogen-bond acceptors (Lipinski definition) is 2. The first kappa shape index (κ1) is 24.4. The van der Waals surface area contributed by atoms with Crippen molar-refractivity contribution in [2.45, 2.75) is 31.6 Å². The zero-order valence-corrected chi connectivity index (χ0v) is 19.1. The molecule has 0 aliphatic heterocycles. The van der Waals surface area contributed by atoms with Gasteiger partial charge >= 0.3 is 18.4 Å². The number of alkyl halides is 3. The van der Waals surface area contributed by atoms with Gasteiger partial charge in [0.15, 0.2) is 5.54 Å². The SMILES string of the molecule is C[C@@H](c1cccc2ccccc12)N(C(=O)O)N(C(=O)O)[C@@](C)(c1ccc(Br)cc1)C(F)(F)F. The number of halogens is 4. The van der Waals surface area contributed by atoms with Gasteiger partial charge in [-0.15, -0.1) is 0 Å². The summed E-state index contributed by atoms with van der Waals surface area (Å²) in [5.41, 5.74) is -3.27. The molecule has 0 unspecified atom stereocenters. The molecule has 3 rings (SSSR count). The van der Waals surface area contributed by atoms with Gasteiger partial charge in [-0.1, -0.05) is 70.5 Å². The summed E-state index contributed by atoms with van der Waals surface area (Å²) in [4.78, 5) is 24.6. The molecule has 0 radical (unpaired) electrons. The monoisotopic (exact) mass is 524 g/mol. The van der Waals surface area contributed by atoms with Crippen LogP contribution < -0.4 is 0 Å². The first-order valence-electron chi connectivity index (χ1n) is 9.75. The topological polar surface area (TPSA) is 81.1 Å². The Hall–Kier alpha value is -3.27. The maximum Gasteiger partial charge on any atom is 0.427 e. The highest BCUT2D eigenvalue weighted by molar-refractivity contribution is 9.10. The van der Waals surface area contributed by atoms with E-state index in [1.54, 1.807) is 42.5 Å². The summed E-state index contributed by atoms with van der Waals surface area (Å²) in [6.07, 6.45) is -9.05. The fourth-order valence-corrected chi connectivity index (χ4v) is 4.11. The molecule has 2 atom stereocenters. The van der Waals surface area contributed by atoms with Crippen LogP contribution in [0.1, 0.15) is 31.0 Å². The molecule has 0 aliphatic carbocycles. The molecule has 0 spiro atoms. The molecular formula is C23H20BrF3N2O4. The fraction of sp³-hybridized carbons (Fsp3) is 0.217. The normalized spacial score (nSPS) is 14.4. The lowest BCUT2D eigenvalue weighted by atomic mass is 9.90. The van der Waals surface area contributed by atoms with Gasteiger partial charge in [-0.05, 0) is 47.9 Å². The standard InChI is InChI=1S/C23H20BrF3N2O4/c1-14(18-9-5-7-15-6-3-4-8-19(15)18)28(20(30)31)29(21(32)33)22(2,23(25,26)27)16-10-12-17(24)13-11-16/h3-14H,1-2H3,(H,30,31)(H,32,33)/t14-,22-/m0/s1. The van der Waals surface area contributed by atoms with Crippen molar-refractivity contribution < 1.29 is 33.0 Å². The van der Waals surface area contributed by atoms with E-state index >= 15 is 0 Å². The smallest absolute Gasteiger partial charge is 0.427 e. The molecule has 0 aromatic heterocycles. The van der Waals surface area contributed by atoms with Crippen LogP contribution in [0.2, 0.25) is 0 Å². The zero-order chi connectivity index (χ0) is 24.6. The molecule has 6 nitrogen and oxygen atoms in total. The van der Waals surface area contributed by atoms with Crippen LogP contribution in [0, 0.1) is 0 Å². The maximum absolute atomic E-state index is 14.5. The van der Waals surface area contributed by atoms with E-state index in [1.807, 2.05) is 0 Å².